The summed E-state index contributed by atoms with van der Waals surface area (Å²) in [6.45, 7) is 2.10. The minimum atomic E-state index is -0.585. The van der Waals surface area contributed by atoms with E-state index in [1.165, 1.54) is 4.68 Å². The van der Waals surface area contributed by atoms with Gasteiger partial charge < -0.3 is 0 Å². The summed E-state index contributed by atoms with van der Waals surface area (Å²) in [6, 6.07) is 14.0. The minimum absolute atomic E-state index is 0.0788. The van der Waals surface area contributed by atoms with Gasteiger partial charge in [-0.05, 0) is 37.1 Å². The van der Waals surface area contributed by atoms with Gasteiger partial charge in [-0.25, -0.2) is 4.68 Å². The van der Waals surface area contributed by atoms with Crippen molar-refractivity contribution >= 4 is 34.2 Å². The summed E-state index contributed by atoms with van der Waals surface area (Å²) in [4.78, 5) is 36.9. The summed E-state index contributed by atoms with van der Waals surface area (Å²) < 4.78 is 1.22. The Morgan fingerprint density at radius 3 is 2.39 bits per heavy atom. The van der Waals surface area contributed by atoms with Crippen molar-refractivity contribution in [2.24, 2.45) is 0 Å². The molecular formula is C20H19ClN4O3. The molecule has 0 aliphatic rings. The zero-order valence-corrected chi connectivity index (χ0v) is 16.0. The molecule has 7 nitrogen and oxygen atoms in total. The lowest BCUT2D eigenvalue weighted by Crippen LogP contribution is -2.42. The Hall–Kier alpha value is -3.19. The molecule has 2 amide bonds. The van der Waals surface area contributed by atoms with Crippen LogP contribution in [-0.2, 0) is 17.8 Å². The molecule has 0 saturated carbocycles. The molecule has 28 heavy (non-hydrogen) atoms. The third-order valence-electron chi connectivity index (χ3n) is 4.25. The Morgan fingerprint density at radius 1 is 1.04 bits per heavy atom. The topological polar surface area (TPSA) is 93.1 Å². The number of nitrogens with zero attached hydrogens (tertiary/aromatic N) is 2. The monoisotopic (exact) mass is 398 g/mol. The van der Waals surface area contributed by atoms with Gasteiger partial charge in [0.1, 0.15) is 0 Å². The molecule has 0 aliphatic heterocycles. The van der Waals surface area contributed by atoms with Crippen molar-refractivity contribution in [1.82, 2.24) is 20.6 Å². The average molecular weight is 399 g/mol. The van der Waals surface area contributed by atoms with Gasteiger partial charge in [0, 0.05) is 23.4 Å². The molecular weight excluding hydrogens is 380 g/mol. The molecule has 2 aromatic carbocycles. The summed E-state index contributed by atoms with van der Waals surface area (Å²) in [5.74, 6) is -0.922. The van der Waals surface area contributed by atoms with Crippen LogP contribution in [0.25, 0.3) is 10.8 Å². The quantitative estimate of drug-likeness (QED) is 0.645. The lowest BCUT2D eigenvalue weighted by molar-refractivity contribution is -0.121. The largest absolute Gasteiger partial charge is 0.290 e. The fourth-order valence-electron chi connectivity index (χ4n) is 2.77. The molecule has 1 heterocycles. The normalized spacial score (nSPS) is 10.6. The number of aromatic nitrogens is 2. The Labute approximate surface area is 166 Å². The molecule has 0 bridgehead atoms. The van der Waals surface area contributed by atoms with Crippen molar-refractivity contribution in [3.8, 4) is 0 Å². The Kier molecular flexibility index (Phi) is 6.06. The second kappa shape index (κ2) is 8.67. The summed E-state index contributed by atoms with van der Waals surface area (Å²) in [5.41, 5.74) is 5.54. The molecule has 0 saturated heterocycles. The average Bonchev–Trinajstić information content (AvgIpc) is 2.72. The number of rotatable bonds is 5. The second-order valence-corrected chi connectivity index (χ2v) is 6.58. The molecule has 0 aliphatic carbocycles. The smallest absolute Gasteiger partial charge is 0.273 e. The highest BCUT2D eigenvalue weighted by atomic mass is 35.5. The Balaban J connectivity index is 1.68. The van der Waals surface area contributed by atoms with Crippen LogP contribution in [0.2, 0.25) is 5.02 Å². The predicted octanol–water partition coefficient (Wildman–Crippen LogP) is 2.46. The second-order valence-electron chi connectivity index (χ2n) is 6.14. The lowest BCUT2D eigenvalue weighted by Gasteiger charge is -2.11. The molecule has 0 atom stereocenters. The maximum Gasteiger partial charge on any atom is 0.290 e. The Bertz CT molecular complexity index is 1080. The SMILES string of the molecule is CCn1nc(C(=O)NNC(=O)CCc2ccc(Cl)cc2)c2ccccc2c1=O. The first-order valence-corrected chi connectivity index (χ1v) is 9.21. The van der Waals surface area contributed by atoms with Crippen LogP contribution >= 0.6 is 11.6 Å². The molecule has 0 spiro atoms. The van der Waals surface area contributed by atoms with Gasteiger partial charge in [0.05, 0.1) is 5.39 Å². The summed E-state index contributed by atoms with van der Waals surface area (Å²) in [7, 11) is 0. The van der Waals surface area contributed by atoms with Crippen molar-refractivity contribution in [3.05, 3.63) is 75.2 Å². The summed E-state index contributed by atoms with van der Waals surface area (Å²) >= 11 is 5.84. The van der Waals surface area contributed by atoms with Crippen LogP contribution in [0, 0.1) is 0 Å². The first-order chi connectivity index (χ1) is 13.5. The number of fused-ring (bicyclic) bond motifs is 1. The maximum absolute atomic E-state index is 12.5. The molecule has 3 aromatic rings. The predicted molar refractivity (Wildman–Crippen MR) is 107 cm³/mol. The Morgan fingerprint density at radius 2 is 1.71 bits per heavy atom. The number of hydrogen-bond donors (Lipinski definition) is 2. The van der Waals surface area contributed by atoms with Crippen LogP contribution in [0.3, 0.4) is 0 Å². The molecule has 0 radical (unpaired) electrons. The zero-order valence-electron chi connectivity index (χ0n) is 15.2. The first kappa shape index (κ1) is 19.6. The third kappa shape index (κ3) is 4.37. The van der Waals surface area contributed by atoms with Crippen LogP contribution in [0.1, 0.15) is 29.4 Å². The molecule has 0 unspecified atom stereocenters. The van der Waals surface area contributed by atoms with Gasteiger partial charge in [-0.1, -0.05) is 41.9 Å². The van der Waals surface area contributed by atoms with Crippen LogP contribution in [-0.4, -0.2) is 21.6 Å². The molecule has 1 aromatic heterocycles. The third-order valence-corrected chi connectivity index (χ3v) is 4.50. The van der Waals surface area contributed by atoms with E-state index in [2.05, 4.69) is 16.0 Å². The van der Waals surface area contributed by atoms with Crippen LogP contribution in [0.4, 0.5) is 0 Å². The van der Waals surface area contributed by atoms with Gasteiger partial charge >= 0.3 is 0 Å². The standard InChI is InChI=1S/C20H19ClN4O3/c1-2-25-20(28)16-6-4-3-5-15(16)18(24-25)19(27)23-22-17(26)12-9-13-7-10-14(21)11-8-13/h3-8,10-11H,2,9,12H2,1H3,(H,22,26)(H,23,27). The van der Waals surface area contributed by atoms with Gasteiger partial charge in [0.15, 0.2) is 5.69 Å². The number of carbonyl (C=O) groups excluding carboxylic acids is 2. The highest BCUT2D eigenvalue weighted by molar-refractivity contribution is 6.30. The van der Waals surface area contributed by atoms with Crippen molar-refractivity contribution in [1.29, 1.82) is 0 Å². The number of carbonyl (C=O) groups is 2. The molecule has 144 valence electrons. The zero-order chi connectivity index (χ0) is 20.1. The van der Waals surface area contributed by atoms with Crippen LogP contribution in [0.15, 0.2) is 53.3 Å². The van der Waals surface area contributed by atoms with E-state index < -0.39 is 5.91 Å². The van der Waals surface area contributed by atoms with Crippen LogP contribution < -0.4 is 16.4 Å². The van der Waals surface area contributed by atoms with Crippen molar-refractivity contribution in [2.45, 2.75) is 26.3 Å². The fourth-order valence-corrected chi connectivity index (χ4v) is 2.90. The van der Waals surface area contributed by atoms with E-state index in [1.54, 1.807) is 43.3 Å². The van der Waals surface area contributed by atoms with E-state index in [0.29, 0.717) is 28.8 Å². The summed E-state index contributed by atoms with van der Waals surface area (Å²) in [6.07, 6.45) is 0.714. The number of halogens is 1. The molecule has 3 rings (SSSR count). The van der Waals surface area contributed by atoms with E-state index in [4.69, 9.17) is 11.6 Å². The van der Waals surface area contributed by atoms with Gasteiger partial charge in [-0.2, -0.15) is 5.10 Å². The van der Waals surface area contributed by atoms with Crippen LogP contribution in [0.5, 0.6) is 0 Å². The number of benzene rings is 2. The van der Waals surface area contributed by atoms with Crippen molar-refractivity contribution < 1.29 is 9.59 Å². The molecule has 8 heteroatoms. The van der Waals surface area contributed by atoms with E-state index in [-0.39, 0.29) is 23.6 Å². The van der Waals surface area contributed by atoms with E-state index >= 15 is 0 Å². The van der Waals surface area contributed by atoms with E-state index in [9.17, 15) is 14.4 Å². The van der Waals surface area contributed by atoms with Gasteiger partial charge in [0.2, 0.25) is 5.91 Å². The highest BCUT2D eigenvalue weighted by Crippen LogP contribution is 2.13. The lowest BCUT2D eigenvalue weighted by atomic mass is 10.1. The molecule has 0 fully saturated rings. The van der Waals surface area contributed by atoms with E-state index in [0.717, 1.165) is 5.56 Å². The van der Waals surface area contributed by atoms with Crippen molar-refractivity contribution in [3.63, 3.8) is 0 Å². The number of nitrogens with one attached hydrogen (secondary N) is 2. The van der Waals surface area contributed by atoms with Gasteiger partial charge in [-0.3, -0.25) is 25.2 Å². The highest BCUT2D eigenvalue weighted by Gasteiger charge is 2.16. The number of aryl methyl sites for hydroxylation is 2. The number of hydrazine groups is 1. The first-order valence-electron chi connectivity index (χ1n) is 8.83. The fraction of sp³-hybridized carbons (Fsp3) is 0.200. The minimum Gasteiger partial charge on any atom is -0.273 e. The van der Waals surface area contributed by atoms with Crippen molar-refractivity contribution in [2.75, 3.05) is 0 Å². The van der Waals surface area contributed by atoms with E-state index in [1.807, 2.05) is 12.1 Å². The van der Waals surface area contributed by atoms with Gasteiger partial charge in [0.25, 0.3) is 11.5 Å². The number of hydrogen-bond acceptors (Lipinski definition) is 4. The maximum atomic E-state index is 12.5. The molecule has 2 N–H and O–H groups in total. The number of amides is 2. The summed E-state index contributed by atoms with van der Waals surface area (Å²) in [5, 5.41) is 5.60. The van der Waals surface area contributed by atoms with Gasteiger partial charge in [-0.15, -0.1) is 0 Å².